The van der Waals surface area contributed by atoms with Crippen molar-refractivity contribution < 1.29 is 13.2 Å². The monoisotopic (exact) mass is 516 g/mol. The van der Waals surface area contributed by atoms with E-state index in [-0.39, 0.29) is 17.8 Å². The Balaban J connectivity index is 0.00000259. The lowest BCUT2D eigenvalue weighted by Crippen LogP contribution is -2.23. The molecule has 2 fully saturated rings. The van der Waals surface area contributed by atoms with Crippen molar-refractivity contribution in [2.75, 3.05) is 25.4 Å². The predicted molar refractivity (Wildman–Crippen MR) is 125 cm³/mol. The average Bonchev–Trinajstić information content (AvgIpc) is 3.16. The van der Waals surface area contributed by atoms with E-state index in [2.05, 4.69) is 24.7 Å². The van der Waals surface area contributed by atoms with Crippen molar-refractivity contribution in [2.24, 2.45) is 12.5 Å². The summed E-state index contributed by atoms with van der Waals surface area (Å²) in [5.41, 5.74) is 1.47. The van der Waals surface area contributed by atoms with Crippen LogP contribution < -0.4 is 0 Å². The van der Waals surface area contributed by atoms with Gasteiger partial charge in [-0.2, -0.15) is 13.2 Å². The van der Waals surface area contributed by atoms with Crippen LogP contribution in [0.25, 0.3) is 11.5 Å². The maximum absolute atomic E-state index is 12.8. The molecular weight excluding hydrogens is 493 g/mol. The number of rotatable bonds is 7. The van der Waals surface area contributed by atoms with Crippen LogP contribution in [0.3, 0.4) is 0 Å². The van der Waals surface area contributed by atoms with Crippen LogP contribution in [-0.4, -0.2) is 54.6 Å². The third-order valence-electron chi connectivity index (χ3n) is 6.57. The Morgan fingerprint density at radius 1 is 1.18 bits per heavy atom. The quantitative estimate of drug-likeness (QED) is 0.320. The maximum atomic E-state index is 12.8. The highest BCUT2D eigenvalue weighted by molar-refractivity contribution is 7.99. The molecule has 178 valence electrons. The summed E-state index contributed by atoms with van der Waals surface area (Å²) in [6.45, 7) is 3.12. The SMILES string of the molecule is Cl.Cn1c(SCCCN2CCC3(CC3c3ccc(C(F)(F)F)cc3)C2)nnc1-c1csnn1. The van der Waals surface area contributed by atoms with Crippen molar-refractivity contribution in [3.05, 3.63) is 40.8 Å². The van der Waals surface area contributed by atoms with Gasteiger partial charge in [-0.25, -0.2) is 0 Å². The first-order valence-corrected chi connectivity index (χ1v) is 12.4. The summed E-state index contributed by atoms with van der Waals surface area (Å²) in [4.78, 5) is 2.49. The highest BCUT2D eigenvalue weighted by atomic mass is 35.5. The Morgan fingerprint density at radius 2 is 1.97 bits per heavy atom. The molecule has 1 spiro atoms. The van der Waals surface area contributed by atoms with Gasteiger partial charge in [0.15, 0.2) is 11.0 Å². The zero-order valence-electron chi connectivity index (χ0n) is 18.0. The Labute approximate surface area is 204 Å². The molecule has 1 saturated carbocycles. The van der Waals surface area contributed by atoms with Gasteiger partial charge < -0.3 is 9.47 Å². The molecule has 2 unspecified atom stereocenters. The van der Waals surface area contributed by atoms with Crippen molar-refractivity contribution in [1.82, 2.24) is 29.3 Å². The van der Waals surface area contributed by atoms with E-state index in [1.54, 1.807) is 23.9 Å². The molecule has 0 bridgehead atoms. The van der Waals surface area contributed by atoms with Crippen molar-refractivity contribution in [2.45, 2.75) is 36.5 Å². The summed E-state index contributed by atoms with van der Waals surface area (Å²) in [5, 5.41) is 15.3. The zero-order chi connectivity index (χ0) is 22.3. The van der Waals surface area contributed by atoms with Gasteiger partial charge in [0.2, 0.25) is 0 Å². The second kappa shape index (κ2) is 9.52. The molecule has 1 aromatic carbocycles. The number of likely N-dealkylation sites (tertiary alicyclic amines) is 1. The summed E-state index contributed by atoms with van der Waals surface area (Å²) >= 11 is 2.98. The topological polar surface area (TPSA) is 59.7 Å². The molecule has 0 amide bonds. The fraction of sp³-hybridized carbons (Fsp3) is 0.524. The molecule has 1 aliphatic heterocycles. The number of aromatic nitrogens is 5. The Kier molecular flexibility index (Phi) is 7.05. The van der Waals surface area contributed by atoms with Crippen LogP contribution in [0.4, 0.5) is 13.2 Å². The van der Waals surface area contributed by atoms with E-state index in [9.17, 15) is 13.2 Å². The Bertz CT molecular complexity index is 1070. The molecule has 2 atom stereocenters. The van der Waals surface area contributed by atoms with Gasteiger partial charge in [-0.1, -0.05) is 28.4 Å². The van der Waals surface area contributed by atoms with E-state index in [0.717, 1.165) is 66.9 Å². The van der Waals surface area contributed by atoms with Crippen molar-refractivity contribution in [3.63, 3.8) is 0 Å². The van der Waals surface area contributed by atoms with Gasteiger partial charge in [-0.15, -0.1) is 27.7 Å². The van der Waals surface area contributed by atoms with E-state index >= 15 is 0 Å². The predicted octanol–water partition coefficient (Wildman–Crippen LogP) is 5.14. The minimum absolute atomic E-state index is 0. The zero-order valence-corrected chi connectivity index (χ0v) is 20.4. The van der Waals surface area contributed by atoms with Gasteiger partial charge >= 0.3 is 6.18 Å². The number of alkyl halides is 3. The van der Waals surface area contributed by atoms with E-state index in [1.165, 1.54) is 23.7 Å². The molecule has 0 N–H and O–H groups in total. The Morgan fingerprint density at radius 3 is 2.67 bits per heavy atom. The van der Waals surface area contributed by atoms with Crippen molar-refractivity contribution in [3.8, 4) is 11.5 Å². The minimum atomic E-state index is -4.27. The van der Waals surface area contributed by atoms with E-state index in [4.69, 9.17) is 0 Å². The molecule has 6 nitrogen and oxygen atoms in total. The van der Waals surface area contributed by atoms with Gasteiger partial charge in [-0.3, -0.25) is 0 Å². The number of thioether (sulfide) groups is 1. The Hall–Kier alpha value is -1.69. The molecule has 3 aromatic rings. The second-order valence-electron chi connectivity index (χ2n) is 8.62. The number of benzene rings is 1. The van der Waals surface area contributed by atoms with Gasteiger partial charge in [0.1, 0.15) is 5.69 Å². The lowest BCUT2D eigenvalue weighted by Gasteiger charge is -2.16. The number of nitrogens with zero attached hydrogens (tertiary/aromatic N) is 6. The van der Waals surface area contributed by atoms with Gasteiger partial charge in [0, 0.05) is 24.7 Å². The van der Waals surface area contributed by atoms with Crippen molar-refractivity contribution >= 4 is 35.7 Å². The van der Waals surface area contributed by atoms with E-state index in [1.807, 2.05) is 17.0 Å². The lowest BCUT2D eigenvalue weighted by molar-refractivity contribution is -0.137. The third kappa shape index (κ3) is 5.06. The van der Waals surface area contributed by atoms with Crippen LogP contribution in [0, 0.1) is 5.41 Å². The summed E-state index contributed by atoms with van der Waals surface area (Å²) in [7, 11) is 1.94. The largest absolute Gasteiger partial charge is 0.416 e. The normalized spacial score (nSPS) is 22.6. The average molecular weight is 517 g/mol. The maximum Gasteiger partial charge on any atom is 0.416 e. The number of halogens is 4. The van der Waals surface area contributed by atoms with E-state index in [0.29, 0.717) is 5.92 Å². The molecular formula is C21H24ClF3N6S2. The highest BCUT2D eigenvalue weighted by Crippen LogP contribution is 2.64. The molecule has 33 heavy (non-hydrogen) atoms. The standard InChI is InChI=1S/C21H23F3N6S2.ClH/c1-29-18(17-12-32-28-25-17)26-27-19(29)31-10-2-8-30-9-7-20(13-30)11-16(20)14-3-5-15(6-4-14)21(22,23)24;/h3-6,12,16H,2,7-11,13H2,1H3;1H. The van der Waals surface area contributed by atoms with Gasteiger partial charge in [-0.05, 0) is 72.9 Å². The van der Waals surface area contributed by atoms with Crippen LogP contribution in [-0.2, 0) is 13.2 Å². The van der Waals surface area contributed by atoms with Gasteiger partial charge in [0.25, 0.3) is 0 Å². The van der Waals surface area contributed by atoms with Crippen LogP contribution in [0.2, 0.25) is 0 Å². The summed E-state index contributed by atoms with van der Waals surface area (Å²) in [6, 6.07) is 5.76. The van der Waals surface area contributed by atoms with Crippen LogP contribution in [0.15, 0.2) is 34.8 Å². The molecule has 3 heterocycles. The third-order valence-corrected chi connectivity index (χ3v) is 8.18. The van der Waals surface area contributed by atoms with Crippen LogP contribution >= 0.6 is 35.7 Å². The molecule has 2 aromatic heterocycles. The molecule has 2 aliphatic rings. The first kappa shape index (κ1) is 24.4. The van der Waals surface area contributed by atoms with Crippen LogP contribution in [0.5, 0.6) is 0 Å². The number of hydrogen-bond acceptors (Lipinski definition) is 7. The molecule has 5 rings (SSSR count). The fourth-order valence-corrected chi connectivity index (χ4v) is 6.00. The highest BCUT2D eigenvalue weighted by Gasteiger charge is 2.57. The fourth-order valence-electron chi connectivity index (χ4n) is 4.73. The lowest BCUT2D eigenvalue weighted by atomic mass is 9.97. The van der Waals surface area contributed by atoms with Gasteiger partial charge in [0.05, 0.1) is 5.56 Å². The smallest absolute Gasteiger partial charge is 0.304 e. The second-order valence-corrected chi connectivity index (χ2v) is 10.3. The summed E-state index contributed by atoms with van der Waals surface area (Å²) in [6.07, 6.45) is -1.02. The number of hydrogen-bond donors (Lipinski definition) is 0. The minimum Gasteiger partial charge on any atom is -0.304 e. The molecule has 1 aliphatic carbocycles. The first-order chi connectivity index (χ1) is 15.4. The molecule has 0 radical (unpaired) electrons. The molecule has 1 saturated heterocycles. The van der Waals surface area contributed by atoms with Crippen LogP contribution in [0.1, 0.15) is 36.3 Å². The van der Waals surface area contributed by atoms with Crippen molar-refractivity contribution in [1.29, 1.82) is 0 Å². The summed E-state index contributed by atoms with van der Waals surface area (Å²) < 4.78 is 44.2. The summed E-state index contributed by atoms with van der Waals surface area (Å²) in [5.74, 6) is 2.07. The molecule has 12 heteroatoms. The first-order valence-electron chi connectivity index (χ1n) is 10.5. The van der Waals surface area contributed by atoms with E-state index < -0.39 is 11.7 Å².